The molecule has 0 heterocycles. The first-order chi connectivity index (χ1) is 6.98. The number of benzene rings is 1. The van der Waals surface area contributed by atoms with Gasteiger partial charge in [-0.2, -0.15) is 5.26 Å². The number of hydrogen-bond donors (Lipinski definition) is 1. The third-order valence-corrected chi connectivity index (χ3v) is 1.91. The summed E-state index contributed by atoms with van der Waals surface area (Å²) >= 11 is 0. The monoisotopic (exact) mass is 202 g/mol. The Balaban J connectivity index is 3.08. The molecule has 0 aliphatic heterocycles. The maximum atomic E-state index is 12.8. The van der Waals surface area contributed by atoms with Gasteiger partial charge < -0.3 is 5.32 Å². The van der Waals surface area contributed by atoms with Gasteiger partial charge in [0.25, 0.3) is 0 Å². The van der Waals surface area contributed by atoms with Crippen molar-refractivity contribution < 1.29 is 4.39 Å². The Bertz CT molecular complexity index is 450. The Kier molecular flexibility index (Phi) is 2.97. The van der Waals surface area contributed by atoms with Crippen LogP contribution in [0.5, 0.6) is 0 Å². The highest BCUT2D eigenvalue weighted by molar-refractivity contribution is 5.59. The van der Waals surface area contributed by atoms with Crippen molar-refractivity contribution in [2.24, 2.45) is 0 Å². The van der Waals surface area contributed by atoms with Gasteiger partial charge in [0.05, 0.1) is 16.8 Å². The zero-order valence-corrected chi connectivity index (χ0v) is 8.63. The van der Waals surface area contributed by atoms with Crippen LogP contribution in [0.1, 0.15) is 19.4 Å². The highest BCUT2D eigenvalue weighted by Crippen LogP contribution is 2.20. The largest absolute Gasteiger partial charge is 0.368 e. The van der Waals surface area contributed by atoms with E-state index in [4.69, 9.17) is 11.7 Å². The quantitative estimate of drug-likeness (QED) is 0.748. The van der Waals surface area contributed by atoms with E-state index in [-0.39, 0.29) is 5.56 Å². The Labute approximate surface area is 88.7 Å². The van der Waals surface area contributed by atoms with Crippen molar-refractivity contribution in [2.45, 2.75) is 19.4 Å². The molecule has 0 saturated heterocycles. The van der Waals surface area contributed by atoms with Crippen LogP contribution in [0.3, 0.4) is 0 Å². The van der Waals surface area contributed by atoms with Gasteiger partial charge in [-0.05, 0) is 32.0 Å². The number of nitrogens with zero attached hydrogens (tertiary/aromatic N) is 1. The minimum Gasteiger partial charge on any atom is -0.368 e. The number of terminal acetylenes is 1. The van der Waals surface area contributed by atoms with E-state index in [9.17, 15) is 4.39 Å². The Morgan fingerprint density at radius 2 is 2.13 bits per heavy atom. The molecule has 76 valence electrons. The van der Waals surface area contributed by atoms with Crippen molar-refractivity contribution in [1.82, 2.24) is 0 Å². The molecule has 1 rings (SSSR count). The molecular formula is C12H11FN2. The van der Waals surface area contributed by atoms with Crippen LogP contribution >= 0.6 is 0 Å². The second-order valence-electron chi connectivity index (χ2n) is 3.70. The first kappa shape index (κ1) is 11.1. The van der Waals surface area contributed by atoms with Gasteiger partial charge in [0.1, 0.15) is 11.9 Å². The fourth-order valence-electron chi connectivity index (χ4n) is 1.09. The Hall–Kier alpha value is -2.00. The van der Waals surface area contributed by atoms with Crippen LogP contribution in [0.25, 0.3) is 0 Å². The van der Waals surface area contributed by atoms with Crippen molar-refractivity contribution in [3.05, 3.63) is 29.6 Å². The Morgan fingerprint density at radius 3 is 2.67 bits per heavy atom. The maximum Gasteiger partial charge on any atom is 0.124 e. The summed E-state index contributed by atoms with van der Waals surface area (Å²) in [6, 6.07) is 5.88. The molecule has 1 aromatic carbocycles. The first-order valence-corrected chi connectivity index (χ1v) is 4.44. The van der Waals surface area contributed by atoms with Gasteiger partial charge in [0.15, 0.2) is 0 Å². The minimum atomic E-state index is -0.566. The molecule has 0 aliphatic rings. The summed E-state index contributed by atoms with van der Waals surface area (Å²) in [6.45, 7) is 3.61. The molecule has 0 aliphatic carbocycles. The second kappa shape index (κ2) is 4.02. The van der Waals surface area contributed by atoms with E-state index in [1.807, 2.05) is 6.07 Å². The van der Waals surface area contributed by atoms with E-state index in [1.54, 1.807) is 13.8 Å². The number of nitrogens with one attached hydrogen (secondary N) is 1. The highest BCUT2D eigenvalue weighted by Gasteiger charge is 2.15. The van der Waals surface area contributed by atoms with E-state index in [0.717, 1.165) is 0 Å². The summed E-state index contributed by atoms with van der Waals surface area (Å²) < 4.78 is 12.8. The molecule has 0 fully saturated rings. The lowest BCUT2D eigenvalue weighted by Crippen LogP contribution is -2.28. The van der Waals surface area contributed by atoms with Gasteiger partial charge >= 0.3 is 0 Å². The SMILES string of the molecule is C#CC(C)(C)Nc1ccc(F)cc1C#N. The molecule has 0 amide bonds. The molecule has 2 nitrogen and oxygen atoms in total. The predicted octanol–water partition coefficient (Wildman–Crippen LogP) is 2.52. The molecule has 0 radical (unpaired) electrons. The van der Waals surface area contributed by atoms with Crippen LogP contribution in [0.15, 0.2) is 18.2 Å². The average Bonchev–Trinajstić information content (AvgIpc) is 2.20. The topological polar surface area (TPSA) is 35.8 Å². The molecule has 1 N–H and O–H groups in total. The third kappa shape index (κ3) is 2.72. The molecular weight excluding hydrogens is 191 g/mol. The predicted molar refractivity (Wildman–Crippen MR) is 57.6 cm³/mol. The summed E-state index contributed by atoms with van der Waals surface area (Å²) in [5.41, 5.74) is 0.226. The van der Waals surface area contributed by atoms with Crippen LogP contribution in [-0.4, -0.2) is 5.54 Å². The second-order valence-corrected chi connectivity index (χ2v) is 3.70. The smallest absolute Gasteiger partial charge is 0.124 e. The van der Waals surface area contributed by atoms with Crippen LogP contribution in [-0.2, 0) is 0 Å². The van der Waals surface area contributed by atoms with E-state index in [2.05, 4.69) is 11.2 Å². The lowest BCUT2D eigenvalue weighted by Gasteiger charge is -2.21. The van der Waals surface area contributed by atoms with Crippen molar-refractivity contribution >= 4 is 5.69 Å². The maximum absolute atomic E-state index is 12.8. The normalized spacial score (nSPS) is 10.2. The Morgan fingerprint density at radius 1 is 1.47 bits per heavy atom. The standard InChI is InChI=1S/C12H11FN2/c1-4-12(2,3)15-11-6-5-10(13)7-9(11)8-14/h1,5-7,15H,2-3H3. The summed E-state index contributed by atoms with van der Waals surface area (Å²) in [6.07, 6.45) is 5.31. The third-order valence-electron chi connectivity index (χ3n) is 1.91. The van der Waals surface area contributed by atoms with Crippen LogP contribution < -0.4 is 5.32 Å². The number of anilines is 1. The van der Waals surface area contributed by atoms with Crippen molar-refractivity contribution in [3.8, 4) is 18.4 Å². The number of halogens is 1. The van der Waals surface area contributed by atoms with E-state index in [1.165, 1.54) is 18.2 Å². The highest BCUT2D eigenvalue weighted by atomic mass is 19.1. The zero-order valence-electron chi connectivity index (χ0n) is 8.63. The number of nitriles is 1. The van der Waals surface area contributed by atoms with Gasteiger partial charge in [-0.25, -0.2) is 4.39 Å². The van der Waals surface area contributed by atoms with Crippen LogP contribution in [0.2, 0.25) is 0 Å². The van der Waals surface area contributed by atoms with E-state index >= 15 is 0 Å². The average molecular weight is 202 g/mol. The van der Waals surface area contributed by atoms with Crippen molar-refractivity contribution in [1.29, 1.82) is 5.26 Å². The fourth-order valence-corrected chi connectivity index (χ4v) is 1.09. The molecule has 0 saturated carbocycles. The molecule has 15 heavy (non-hydrogen) atoms. The summed E-state index contributed by atoms with van der Waals surface area (Å²) in [5.74, 6) is 2.11. The van der Waals surface area contributed by atoms with E-state index in [0.29, 0.717) is 5.69 Å². The molecule has 0 bridgehead atoms. The van der Waals surface area contributed by atoms with Crippen LogP contribution in [0, 0.1) is 29.5 Å². The molecule has 0 atom stereocenters. The van der Waals surface area contributed by atoms with Gasteiger partial charge in [-0.1, -0.05) is 5.92 Å². The van der Waals surface area contributed by atoms with E-state index < -0.39 is 11.4 Å². The van der Waals surface area contributed by atoms with Crippen molar-refractivity contribution in [2.75, 3.05) is 5.32 Å². The first-order valence-electron chi connectivity index (χ1n) is 4.44. The lowest BCUT2D eigenvalue weighted by atomic mass is 10.1. The molecule has 0 unspecified atom stereocenters. The lowest BCUT2D eigenvalue weighted by molar-refractivity contribution is 0.627. The zero-order chi connectivity index (χ0) is 11.5. The van der Waals surface area contributed by atoms with Gasteiger partial charge in [-0.3, -0.25) is 0 Å². The van der Waals surface area contributed by atoms with Gasteiger partial charge in [-0.15, -0.1) is 6.42 Å². The fraction of sp³-hybridized carbons (Fsp3) is 0.250. The molecule has 3 heteroatoms. The number of hydrogen-bond acceptors (Lipinski definition) is 2. The van der Waals surface area contributed by atoms with Crippen LogP contribution in [0.4, 0.5) is 10.1 Å². The minimum absolute atomic E-state index is 0.248. The van der Waals surface area contributed by atoms with Gasteiger partial charge in [0.2, 0.25) is 0 Å². The summed E-state index contributed by atoms with van der Waals surface area (Å²) in [4.78, 5) is 0. The summed E-state index contributed by atoms with van der Waals surface area (Å²) in [7, 11) is 0. The van der Waals surface area contributed by atoms with Gasteiger partial charge in [0, 0.05) is 0 Å². The molecule has 1 aromatic rings. The molecule has 0 aromatic heterocycles. The summed E-state index contributed by atoms with van der Waals surface area (Å²) in [5, 5.41) is 11.8. The number of rotatable bonds is 2. The van der Waals surface area contributed by atoms with Crippen molar-refractivity contribution in [3.63, 3.8) is 0 Å². The molecule has 0 spiro atoms.